The number of halogens is 1. The van der Waals surface area contributed by atoms with Crippen LogP contribution in [0, 0.1) is 0 Å². The lowest BCUT2D eigenvalue weighted by molar-refractivity contribution is -0.147. The topological polar surface area (TPSA) is 57.7 Å². The van der Waals surface area contributed by atoms with Crippen LogP contribution in [0.25, 0.3) is 10.6 Å². The highest BCUT2D eigenvalue weighted by molar-refractivity contribution is 7.13. The van der Waals surface area contributed by atoms with Crippen molar-refractivity contribution < 1.29 is 19.0 Å². The number of nitrogens with zero attached hydrogens (tertiary/aromatic N) is 1. The van der Waals surface area contributed by atoms with Crippen LogP contribution >= 0.6 is 22.9 Å². The van der Waals surface area contributed by atoms with Crippen molar-refractivity contribution in [3.63, 3.8) is 0 Å². The van der Waals surface area contributed by atoms with E-state index in [1.807, 2.05) is 29.6 Å². The predicted molar refractivity (Wildman–Crippen MR) is 101 cm³/mol. The minimum atomic E-state index is -0.459. The summed E-state index contributed by atoms with van der Waals surface area (Å²) in [6, 6.07) is 14.4. The molecule has 0 amide bonds. The van der Waals surface area contributed by atoms with E-state index < -0.39 is 5.97 Å². The molecule has 2 aromatic carbocycles. The predicted octanol–water partition coefficient (Wildman–Crippen LogP) is 4.59. The molecule has 0 fully saturated rings. The molecule has 26 heavy (non-hydrogen) atoms. The zero-order chi connectivity index (χ0) is 18.4. The molecule has 0 aliphatic carbocycles. The maximum atomic E-state index is 11.8. The van der Waals surface area contributed by atoms with Crippen molar-refractivity contribution in [1.82, 2.24) is 4.98 Å². The number of rotatable bonds is 7. The summed E-state index contributed by atoms with van der Waals surface area (Å²) < 4.78 is 15.7. The van der Waals surface area contributed by atoms with E-state index in [1.54, 1.807) is 31.4 Å². The van der Waals surface area contributed by atoms with Crippen LogP contribution in [0.5, 0.6) is 11.5 Å². The van der Waals surface area contributed by atoms with Crippen molar-refractivity contribution in [1.29, 1.82) is 0 Å². The van der Waals surface area contributed by atoms with Gasteiger partial charge in [-0.15, -0.1) is 11.3 Å². The van der Waals surface area contributed by atoms with Gasteiger partial charge in [0, 0.05) is 16.0 Å². The van der Waals surface area contributed by atoms with Crippen molar-refractivity contribution in [2.75, 3.05) is 13.7 Å². The average molecular weight is 390 g/mol. The lowest BCUT2D eigenvalue weighted by Crippen LogP contribution is -2.14. The molecule has 0 aliphatic heterocycles. The molecule has 1 heterocycles. The molecule has 0 atom stereocenters. The van der Waals surface area contributed by atoms with E-state index >= 15 is 0 Å². The Morgan fingerprint density at radius 1 is 1.08 bits per heavy atom. The first kappa shape index (κ1) is 18.2. The van der Waals surface area contributed by atoms with Crippen LogP contribution in [0.1, 0.15) is 5.69 Å². The average Bonchev–Trinajstić information content (AvgIpc) is 3.15. The van der Waals surface area contributed by atoms with E-state index in [2.05, 4.69) is 4.98 Å². The highest BCUT2D eigenvalue weighted by atomic mass is 35.5. The number of methoxy groups -OCH3 is 1. The van der Waals surface area contributed by atoms with Crippen molar-refractivity contribution in [3.8, 4) is 22.1 Å². The monoisotopic (exact) mass is 389 g/mol. The molecule has 7 heteroatoms. The third-order valence-corrected chi connectivity index (χ3v) is 4.63. The first-order valence-electron chi connectivity index (χ1n) is 7.77. The molecule has 0 saturated heterocycles. The fraction of sp³-hybridized carbons (Fsp3) is 0.158. The summed E-state index contributed by atoms with van der Waals surface area (Å²) in [6.45, 7) is -0.0629. The highest BCUT2D eigenvalue weighted by Gasteiger charge is 2.09. The van der Waals surface area contributed by atoms with Crippen LogP contribution in [0.2, 0.25) is 5.02 Å². The number of hydrogen-bond acceptors (Lipinski definition) is 6. The van der Waals surface area contributed by atoms with Crippen molar-refractivity contribution in [3.05, 3.63) is 64.6 Å². The van der Waals surface area contributed by atoms with Gasteiger partial charge in [-0.05, 0) is 48.5 Å². The standard InChI is InChI=1S/C19H16ClNO4S/c1-23-16-6-2-13(3-7-16)19-21-15(12-26-19)10-25-18(22)11-24-17-8-4-14(20)5-9-17/h2-9,12H,10-11H2,1H3. The first-order chi connectivity index (χ1) is 12.6. The van der Waals surface area contributed by atoms with Gasteiger partial charge in [-0.1, -0.05) is 11.6 Å². The minimum absolute atomic E-state index is 0.107. The largest absolute Gasteiger partial charge is 0.497 e. The van der Waals surface area contributed by atoms with E-state index in [-0.39, 0.29) is 13.2 Å². The fourth-order valence-corrected chi connectivity index (χ4v) is 3.05. The molecular weight excluding hydrogens is 374 g/mol. The molecular formula is C19H16ClNO4S. The van der Waals surface area contributed by atoms with Crippen LogP contribution in [-0.4, -0.2) is 24.7 Å². The third-order valence-electron chi connectivity index (χ3n) is 3.44. The van der Waals surface area contributed by atoms with Crippen LogP contribution in [0.15, 0.2) is 53.9 Å². The van der Waals surface area contributed by atoms with Crippen LogP contribution in [0.3, 0.4) is 0 Å². The Balaban J connectivity index is 1.49. The Morgan fingerprint density at radius 2 is 1.77 bits per heavy atom. The van der Waals surface area contributed by atoms with E-state index in [4.69, 9.17) is 25.8 Å². The number of thiazole rings is 1. The van der Waals surface area contributed by atoms with Gasteiger partial charge in [0.25, 0.3) is 0 Å². The molecule has 134 valence electrons. The summed E-state index contributed by atoms with van der Waals surface area (Å²) in [4.78, 5) is 16.3. The lowest BCUT2D eigenvalue weighted by Gasteiger charge is -2.06. The molecule has 0 aliphatic rings. The summed E-state index contributed by atoms with van der Waals surface area (Å²) in [6.07, 6.45) is 0. The highest BCUT2D eigenvalue weighted by Crippen LogP contribution is 2.26. The normalized spacial score (nSPS) is 10.4. The molecule has 0 bridgehead atoms. The van der Waals surface area contributed by atoms with Crippen LogP contribution in [0.4, 0.5) is 0 Å². The quantitative estimate of drug-likeness (QED) is 0.553. The maximum absolute atomic E-state index is 11.8. The zero-order valence-electron chi connectivity index (χ0n) is 14.0. The molecule has 3 aromatic rings. The smallest absolute Gasteiger partial charge is 0.344 e. The molecule has 0 saturated carbocycles. The Kier molecular flexibility index (Phi) is 6.09. The van der Waals surface area contributed by atoms with Gasteiger partial charge in [0.1, 0.15) is 23.1 Å². The van der Waals surface area contributed by atoms with Gasteiger partial charge in [-0.3, -0.25) is 0 Å². The number of hydrogen-bond donors (Lipinski definition) is 0. The van der Waals surface area contributed by atoms with Crippen LogP contribution in [-0.2, 0) is 16.1 Å². The van der Waals surface area contributed by atoms with Gasteiger partial charge in [0.05, 0.1) is 12.8 Å². The number of carbonyl (C=O) groups excluding carboxylic acids is 1. The summed E-state index contributed by atoms with van der Waals surface area (Å²) in [5, 5.41) is 3.33. The maximum Gasteiger partial charge on any atom is 0.344 e. The molecule has 5 nitrogen and oxygen atoms in total. The van der Waals surface area contributed by atoms with Crippen LogP contribution < -0.4 is 9.47 Å². The van der Waals surface area contributed by atoms with Gasteiger partial charge >= 0.3 is 5.97 Å². The molecule has 0 radical (unpaired) electrons. The number of carbonyl (C=O) groups is 1. The fourth-order valence-electron chi connectivity index (χ4n) is 2.11. The van der Waals surface area contributed by atoms with Crippen molar-refractivity contribution in [2.24, 2.45) is 0 Å². The van der Waals surface area contributed by atoms with Crippen molar-refractivity contribution in [2.45, 2.75) is 6.61 Å². The number of ether oxygens (including phenoxy) is 3. The van der Waals surface area contributed by atoms with Gasteiger partial charge in [0.2, 0.25) is 0 Å². The first-order valence-corrected chi connectivity index (χ1v) is 9.02. The van der Waals surface area contributed by atoms with E-state index in [0.717, 1.165) is 16.3 Å². The molecule has 3 rings (SSSR count). The second-order valence-electron chi connectivity index (χ2n) is 5.28. The Morgan fingerprint density at radius 3 is 2.46 bits per heavy atom. The Labute approximate surface area is 160 Å². The van der Waals surface area contributed by atoms with Crippen molar-refractivity contribution >= 4 is 28.9 Å². The number of aromatic nitrogens is 1. The second-order valence-corrected chi connectivity index (χ2v) is 6.57. The molecule has 1 aromatic heterocycles. The summed E-state index contributed by atoms with van der Waals surface area (Å²) >= 11 is 7.29. The van der Waals surface area contributed by atoms with E-state index in [9.17, 15) is 4.79 Å². The zero-order valence-corrected chi connectivity index (χ0v) is 15.5. The van der Waals surface area contributed by atoms with Gasteiger partial charge in [0.15, 0.2) is 6.61 Å². The van der Waals surface area contributed by atoms with Gasteiger partial charge in [-0.2, -0.15) is 0 Å². The van der Waals surface area contributed by atoms with E-state index in [0.29, 0.717) is 16.5 Å². The van der Waals surface area contributed by atoms with Gasteiger partial charge in [-0.25, -0.2) is 9.78 Å². The summed E-state index contributed by atoms with van der Waals surface area (Å²) in [7, 11) is 1.63. The van der Waals surface area contributed by atoms with Gasteiger partial charge < -0.3 is 14.2 Å². The minimum Gasteiger partial charge on any atom is -0.497 e. The second kappa shape index (κ2) is 8.69. The Bertz CT molecular complexity index is 862. The molecule has 0 spiro atoms. The number of esters is 1. The summed E-state index contributed by atoms with van der Waals surface area (Å²) in [5.41, 5.74) is 1.68. The SMILES string of the molecule is COc1ccc(-c2nc(COC(=O)COc3ccc(Cl)cc3)cs2)cc1. The lowest BCUT2D eigenvalue weighted by atomic mass is 10.2. The summed E-state index contributed by atoms with van der Waals surface area (Å²) in [5.74, 6) is 0.890. The molecule has 0 unspecified atom stereocenters. The van der Waals surface area contributed by atoms with E-state index in [1.165, 1.54) is 11.3 Å². The Hall–Kier alpha value is -2.57. The third kappa shape index (κ3) is 4.97. The number of benzene rings is 2. The molecule has 0 N–H and O–H groups in total.